The van der Waals surface area contributed by atoms with Gasteiger partial charge in [-0.2, -0.15) is 0 Å². The van der Waals surface area contributed by atoms with E-state index in [0.29, 0.717) is 17.5 Å². The van der Waals surface area contributed by atoms with E-state index in [0.717, 1.165) is 27.6 Å². The molecule has 0 saturated heterocycles. The smallest absolute Gasteiger partial charge is 0.164 e. The summed E-state index contributed by atoms with van der Waals surface area (Å²) in [5.41, 5.74) is 10.1. The first-order chi connectivity index (χ1) is 27.2. The van der Waals surface area contributed by atoms with Crippen LogP contribution in [0, 0.1) is 0 Å². The Morgan fingerprint density at radius 2 is 0.818 bits per heavy atom. The van der Waals surface area contributed by atoms with E-state index in [1.54, 1.807) is 0 Å². The van der Waals surface area contributed by atoms with Gasteiger partial charge in [0, 0.05) is 31.9 Å². The van der Waals surface area contributed by atoms with Crippen LogP contribution in [0.2, 0.25) is 0 Å². The van der Waals surface area contributed by atoms with Gasteiger partial charge in [0.2, 0.25) is 0 Å². The van der Waals surface area contributed by atoms with Crippen molar-refractivity contribution in [3.63, 3.8) is 0 Å². The molecular formula is C51H31N3S. The fraction of sp³-hybridized carbons (Fsp3) is 0. The first kappa shape index (κ1) is 31.6. The summed E-state index contributed by atoms with van der Waals surface area (Å²) in [6.07, 6.45) is 0. The molecule has 9 aromatic carbocycles. The number of hydrogen-bond donors (Lipinski definition) is 0. The van der Waals surface area contributed by atoms with Crippen LogP contribution in [0.15, 0.2) is 198 Å². The van der Waals surface area contributed by atoms with E-state index in [4.69, 9.17) is 15.0 Å². The van der Waals surface area contributed by atoms with Gasteiger partial charge in [0.05, 0.1) is 0 Å². The summed E-state index contributed by atoms with van der Waals surface area (Å²) in [4.78, 5) is 17.9. The van der Waals surface area contributed by atoms with E-state index in [1.165, 1.54) is 64.5 Å². The second kappa shape index (κ2) is 12.9. The molecule has 0 spiro atoms. The standard InChI is InChI=1S/C51H31N3S/c1-2-11-35(12-3-1)49-52-50(36-21-17-34(18-22-36)39-23-19-32-9-4-6-13-37(32)29-39)54-51(53-49)44-26-28-47-48-42(44)15-8-16-43(48)45-31-41(25-27-46(45)55-47)40-24-20-33-10-5-7-14-38(33)30-40/h1-31H. The number of rotatable bonds is 5. The van der Waals surface area contributed by atoms with Crippen LogP contribution in [0.4, 0.5) is 0 Å². The number of aromatic nitrogens is 3. The van der Waals surface area contributed by atoms with Gasteiger partial charge in [-0.3, -0.25) is 0 Å². The lowest BCUT2D eigenvalue weighted by molar-refractivity contribution is 1.08. The Balaban J connectivity index is 1.03. The van der Waals surface area contributed by atoms with E-state index in [1.807, 2.05) is 30.0 Å². The number of fused-ring (bicyclic) bond motifs is 4. The second-order valence-electron chi connectivity index (χ2n) is 14.0. The minimum Gasteiger partial charge on any atom is -0.208 e. The van der Waals surface area contributed by atoms with E-state index in [9.17, 15) is 0 Å². The average Bonchev–Trinajstić information content (AvgIpc) is 3.26. The number of nitrogens with zero attached hydrogens (tertiary/aromatic N) is 3. The van der Waals surface area contributed by atoms with Gasteiger partial charge in [0.15, 0.2) is 17.5 Å². The monoisotopic (exact) mass is 717 g/mol. The fourth-order valence-corrected chi connectivity index (χ4v) is 9.01. The van der Waals surface area contributed by atoms with Gasteiger partial charge in [0.1, 0.15) is 0 Å². The zero-order chi connectivity index (χ0) is 36.3. The minimum absolute atomic E-state index is 0.647. The van der Waals surface area contributed by atoms with E-state index >= 15 is 0 Å². The van der Waals surface area contributed by atoms with Gasteiger partial charge in [0.25, 0.3) is 0 Å². The zero-order valence-electron chi connectivity index (χ0n) is 29.6. The molecule has 55 heavy (non-hydrogen) atoms. The van der Waals surface area contributed by atoms with Gasteiger partial charge in [-0.1, -0.05) is 163 Å². The maximum absolute atomic E-state index is 5.19. The molecule has 0 atom stereocenters. The van der Waals surface area contributed by atoms with Crippen molar-refractivity contribution in [2.45, 2.75) is 9.79 Å². The van der Waals surface area contributed by atoms with Gasteiger partial charge < -0.3 is 0 Å². The Hall–Kier alpha value is -6.88. The summed E-state index contributed by atoms with van der Waals surface area (Å²) in [5, 5.41) is 7.33. The van der Waals surface area contributed by atoms with Crippen molar-refractivity contribution < 1.29 is 0 Å². The molecule has 256 valence electrons. The highest BCUT2D eigenvalue weighted by atomic mass is 32.2. The lowest BCUT2D eigenvalue weighted by atomic mass is 9.92. The maximum atomic E-state index is 5.19. The number of benzene rings is 9. The maximum Gasteiger partial charge on any atom is 0.164 e. The number of hydrogen-bond acceptors (Lipinski definition) is 4. The molecule has 1 aliphatic heterocycles. The van der Waals surface area contributed by atoms with Gasteiger partial charge in [-0.05, 0) is 96.7 Å². The normalized spacial score (nSPS) is 11.9. The molecule has 0 aliphatic carbocycles. The van der Waals surface area contributed by atoms with E-state index < -0.39 is 0 Å². The Bertz CT molecular complexity index is 3120. The van der Waals surface area contributed by atoms with Crippen molar-refractivity contribution in [2.24, 2.45) is 0 Å². The molecular weight excluding hydrogens is 687 g/mol. The first-order valence-electron chi connectivity index (χ1n) is 18.5. The first-order valence-corrected chi connectivity index (χ1v) is 19.3. The van der Waals surface area contributed by atoms with Crippen molar-refractivity contribution >= 4 is 44.1 Å². The molecule has 0 fully saturated rings. The zero-order valence-corrected chi connectivity index (χ0v) is 30.5. The SMILES string of the molecule is c1ccc(-c2nc(-c3ccc(-c4ccc5ccccc5c4)cc3)nc(-c3ccc4c5c(cccc35)-c3cc(-c5ccc6ccccc6c5)ccc3S4)n2)cc1. The molecule has 4 heteroatoms. The fourth-order valence-electron chi connectivity index (χ4n) is 7.90. The molecule has 0 N–H and O–H groups in total. The predicted octanol–water partition coefficient (Wildman–Crippen LogP) is 13.8. The van der Waals surface area contributed by atoms with Crippen LogP contribution >= 0.6 is 11.8 Å². The van der Waals surface area contributed by atoms with Crippen LogP contribution in [0.5, 0.6) is 0 Å². The largest absolute Gasteiger partial charge is 0.208 e. The van der Waals surface area contributed by atoms with Crippen molar-refractivity contribution in [1.82, 2.24) is 15.0 Å². The Morgan fingerprint density at radius 1 is 0.291 bits per heavy atom. The highest BCUT2D eigenvalue weighted by molar-refractivity contribution is 7.99. The highest BCUT2D eigenvalue weighted by Gasteiger charge is 2.23. The molecule has 11 rings (SSSR count). The van der Waals surface area contributed by atoms with Crippen molar-refractivity contribution in [3.8, 4) is 67.5 Å². The molecule has 0 unspecified atom stereocenters. The molecule has 0 amide bonds. The highest BCUT2D eigenvalue weighted by Crippen LogP contribution is 2.50. The summed E-state index contributed by atoms with van der Waals surface area (Å²) in [5.74, 6) is 1.96. The van der Waals surface area contributed by atoms with Crippen molar-refractivity contribution in [2.75, 3.05) is 0 Å². The molecule has 3 nitrogen and oxygen atoms in total. The van der Waals surface area contributed by atoms with Gasteiger partial charge in [-0.15, -0.1) is 0 Å². The third-order valence-corrected chi connectivity index (χ3v) is 11.8. The average molecular weight is 718 g/mol. The molecule has 2 heterocycles. The molecule has 10 aromatic rings. The van der Waals surface area contributed by atoms with Crippen molar-refractivity contribution in [1.29, 1.82) is 0 Å². The molecule has 1 aromatic heterocycles. The van der Waals surface area contributed by atoms with Crippen LogP contribution in [0.25, 0.3) is 99.9 Å². The van der Waals surface area contributed by atoms with Crippen LogP contribution in [0.1, 0.15) is 0 Å². The summed E-state index contributed by atoms with van der Waals surface area (Å²) in [7, 11) is 0. The quantitative estimate of drug-likeness (QED) is 0.178. The molecule has 0 bridgehead atoms. The topological polar surface area (TPSA) is 38.7 Å². The Kier molecular flexibility index (Phi) is 7.42. The van der Waals surface area contributed by atoms with Crippen LogP contribution in [0.3, 0.4) is 0 Å². The molecule has 0 saturated carbocycles. The Labute approximate surface area is 323 Å². The summed E-state index contributed by atoms with van der Waals surface area (Å²) < 4.78 is 0. The summed E-state index contributed by atoms with van der Waals surface area (Å²) in [6.45, 7) is 0. The lowest BCUT2D eigenvalue weighted by Crippen LogP contribution is -2.01. The van der Waals surface area contributed by atoms with E-state index in [-0.39, 0.29) is 0 Å². The molecule has 1 aliphatic rings. The van der Waals surface area contributed by atoms with Gasteiger partial charge in [-0.25, -0.2) is 15.0 Å². The second-order valence-corrected chi connectivity index (χ2v) is 15.1. The molecule has 0 radical (unpaired) electrons. The van der Waals surface area contributed by atoms with Crippen LogP contribution in [-0.2, 0) is 0 Å². The third kappa shape index (κ3) is 5.58. The summed E-state index contributed by atoms with van der Waals surface area (Å²) >= 11 is 1.83. The lowest BCUT2D eigenvalue weighted by Gasteiger charge is -2.22. The van der Waals surface area contributed by atoms with E-state index in [2.05, 4.69) is 170 Å². The predicted molar refractivity (Wildman–Crippen MR) is 229 cm³/mol. The summed E-state index contributed by atoms with van der Waals surface area (Å²) in [6, 6.07) is 67.0. The minimum atomic E-state index is 0.647. The van der Waals surface area contributed by atoms with Crippen molar-refractivity contribution in [3.05, 3.63) is 188 Å². The van der Waals surface area contributed by atoms with Gasteiger partial charge >= 0.3 is 0 Å². The Morgan fingerprint density at radius 3 is 1.53 bits per heavy atom. The third-order valence-electron chi connectivity index (χ3n) is 10.7. The van der Waals surface area contributed by atoms with Crippen LogP contribution < -0.4 is 0 Å². The van der Waals surface area contributed by atoms with Crippen LogP contribution in [-0.4, -0.2) is 15.0 Å².